The Kier molecular flexibility index (Phi) is 5.82. The Morgan fingerprint density at radius 3 is 1.94 bits per heavy atom. The first kappa shape index (κ1) is 16.6. The molecule has 0 saturated carbocycles. The van der Waals surface area contributed by atoms with Crippen LogP contribution in [0.3, 0.4) is 0 Å². The molecule has 0 aromatic carbocycles. The minimum Gasteiger partial charge on any atom is -0.437 e. The summed E-state index contributed by atoms with van der Waals surface area (Å²) in [5.41, 5.74) is 0. The van der Waals surface area contributed by atoms with Crippen LogP contribution in [-0.4, -0.2) is 43.5 Å². The lowest BCUT2D eigenvalue weighted by molar-refractivity contribution is 0.185. The van der Waals surface area contributed by atoms with E-state index >= 15 is 0 Å². The maximum Gasteiger partial charge on any atom is 0.311 e. The summed E-state index contributed by atoms with van der Waals surface area (Å²) >= 11 is 0. The normalized spacial score (nSPS) is 28.2. The van der Waals surface area contributed by atoms with Crippen LogP contribution in [0.25, 0.3) is 0 Å². The van der Waals surface area contributed by atoms with Gasteiger partial charge in [0.1, 0.15) is 0 Å². The van der Waals surface area contributed by atoms with Crippen LogP contribution in [-0.2, 0) is 8.23 Å². The van der Waals surface area contributed by atoms with E-state index in [1.807, 2.05) is 0 Å². The Bertz CT molecular complexity index is 259. The van der Waals surface area contributed by atoms with Gasteiger partial charge in [-0.1, -0.05) is 20.3 Å². The van der Waals surface area contributed by atoms with Crippen molar-refractivity contribution in [2.24, 2.45) is 0 Å². The van der Waals surface area contributed by atoms with E-state index in [1.54, 1.807) is 0 Å². The highest BCUT2D eigenvalue weighted by molar-refractivity contribution is 6.82. The SMILES string of the molecule is CC1CCCC(C)N1[SiH2]O[Si](C)(C)O[Si](C)(C)C. The van der Waals surface area contributed by atoms with Gasteiger partial charge in [-0.05, 0) is 45.6 Å². The van der Waals surface area contributed by atoms with Gasteiger partial charge in [-0.25, -0.2) is 0 Å². The Balaban J connectivity index is 2.47. The average Bonchev–Trinajstić information content (AvgIpc) is 2.12. The minimum absolute atomic E-state index is 0.610. The molecule has 0 aromatic heterocycles. The van der Waals surface area contributed by atoms with Crippen LogP contribution in [0.4, 0.5) is 0 Å². The van der Waals surface area contributed by atoms with Crippen molar-refractivity contribution in [3.05, 3.63) is 0 Å². The molecular formula is C12H31NO2Si3. The number of hydrogen-bond acceptors (Lipinski definition) is 3. The fraction of sp³-hybridized carbons (Fsp3) is 1.00. The number of rotatable bonds is 5. The van der Waals surface area contributed by atoms with Crippen molar-refractivity contribution in [2.45, 2.75) is 77.9 Å². The smallest absolute Gasteiger partial charge is 0.311 e. The van der Waals surface area contributed by atoms with Crippen molar-refractivity contribution in [3.8, 4) is 0 Å². The third-order valence-electron chi connectivity index (χ3n) is 3.49. The number of hydrogen-bond donors (Lipinski definition) is 0. The molecule has 0 aromatic rings. The molecule has 0 bridgehead atoms. The van der Waals surface area contributed by atoms with Crippen molar-refractivity contribution in [2.75, 3.05) is 0 Å². The molecule has 1 fully saturated rings. The summed E-state index contributed by atoms with van der Waals surface area (Å²) in [6.45, 7) is 15.9. The van der Waals surface area contributed by atoms with Crippen molar-refractivity contribution in [1.82, 2.24) is 4.57 Å². The predicted octanol–water partition coefficient (Wildman–Crippen LogP) is 2.82. The molecule has 1 rings (SSSR count). The zero-order valence-corrected chi connectivity index (χ0v) is 16.7. The van der Waals surface area contributed by atoms with Gasteiger partial charge in [0.05, 0.1) is 0 Å². The van der Waals surface area contributed by atoms with Gasteiger partial charge in [-0.3, -0.25) is 0 Å². The van der Waals surface area contributed by atoms with Gasteiger partial charge in [0.25, 0.3) is 0 Å². The van der Waals surface area contributed by atoms with E-state index in [0.29, 0.717) is 12.1 Å². The molecule has 0 aliphatic carbocycles. The zero-order chi connectivity index (χ0) is 14.0. The Labute approximate surface area is 118 Å². The number of nitrogens with zero attached hydrogens (tertiary/aromatic N) is 1. The second-order valence-electron chi connectivity index (χ2n) is 7.03. The first-order valence-electron chi connectivity index (χ1n) is 7.20. The van der Waals surface area contributed by atoms with Crippen LogP contribution >= 0.6 is 0 Å². The highest BCUT2D eigenvalue weighted by atomic mass is 28.5. The standard InChI is InChI=1S/C12H31NO2Si3/c1-11-9-8-10-12(2)13(11)16-14-18(6,7)15-17(3,4)5/h11-12H,8-10,16H2,1-7H3. The van der Waals surface area contributed by atoms with E-state index in [1.165, 1.54) is 19.3 Å². The molecule has 0 spiro atoms. The van der Waals surface area contributed by atoms with Crippen LogP contribution in [0.2, 0.25) is 32.7 Å². The third-order valence-corrected chi connectivity index (χ3v) is 12.7. The predicted molar refractivity (Wildman–Crippen MR) is 86.2 cm³/mol. The first-order chi connectivity index (χ1) is 8.11. The van der Waals surface area contributed by atoms with Crippen molar-refractivity contribution in [1.29, 1.82) is 0 Å². The molecule has 0 N–H and O–H groups in total. The average molecular weight is 306 g/mol. The zero-order valence-electron chi connectivity index (χ0n) is 13.2. The lowest BCUT2D eigenvalue weighted by Gasteiger charge is -2.41. The van der Waals surface area contributed by atoms with Gasteiger partial charge in [0, 0.05) is 12.1 Å². The molecular weight excluding hydrogens is 274 g/mol. The summed E-state index contributed by atoms with van der Waals surface area (Å²) in [6, 6.07) is 1.41. The summed E-state index contributed by atoms with van der Waals surface area (Å²) in [5.74, 6) is 0. The molecule has 6 heteroatoms. The Morgan fingerprint density at radius 1 is 1.00 bits per heavy atom. The summed E-state index contributed by atoms with van der Waals surface area (Å²) in [5, 5.41) is 0. The molecule has 2 unspecified atom stereocenters. The lowest BCUT2D eigenvalue weighted by atomic mass is 10.0. The van der Waals surface area contributed by atoms with Crippen molar-refractivity contribution < 1.29 is 8.23 Å². The first-order valence-corrected chi connectivity index (χ1v) is 14.6. The molecule has 1 saturated heterocycles. The second kappa shape index (κ2) is 6.32. The molecule has 1 heterocycles. The fourth-order valence-electron chi connectivity index (χ4n) is 2.73. The summed E-state index contributed by atoms with van der Waals surface area (Å²) in [6.07, 6.45) is 4.04. The fourth-order valence-corrected chi connectivity index (χ4v) is 12.1. The Hall–Kier alpha value is 0.531. The van der Waals surface area contributed by atoms with Crippen LogP contribution < -0.4 is 0 Å². The van der Waals surface area contributed by atoms with Gasteiger partial charge < -0.3 is 12.8 Å². The summed E-state index contributed by atoms with van der Waals surface area (Å²) < 4.78 is 15.2. The second-order valence-corrected chi connectivity index (χ2v) is 17.0. The summed E-state index contributed by atoms with van der Waals surface area (Å²) in [4.78, 5) is 0. The van der Waals surface area contributed by atoms with Crippen LogP contribution in [0.5, 0.6) is 0 Å². The van der Waals surface area contributed by atoms with E-state index in [2.05, 4.69) is 51.1 Å². The van der Waals surface area contributed by atoms with Gasteiger partial charge in [0.2, 0.25) is 9.92 Å². The molecule has 1 aliphatic rings. The highest BCUT2D eigenvalue weighted by Crippen LogP contribution is 2.22. The van der Waals surface area contributed by atoms with Crippen LogP contribution in [0, 0.1) is 0 Å². The van der Waals surface area contributed by atoms with E-state index in [0.717, 1.165) is 0 Å². The molecule has 108 valence electrons. The van der Waals surface area contributed by atoms with E-state index in [4.69, 9.17) is 8.23 Å². The highest BCUT2D eigenvalue weighted by Gasteiger charge is 2.33. The third kappa shape index (κ3) is 5.66. The summed E-state index contributed by atoms with van der Waals surface area (Å²) in [7, 11) is -3.98. The molecule has 0 amide bonds. The van der Waals surface area contributed by atoms with E-state index in [-0.39, 0.29) is 0 Å². The topological polar surface area (TPSA) is 21.7 Å². The minimum atomic E-state index is -1.90. The maximum atomic E-state index is 6.30. The number of piperidine rings is 1. The molecule has 1 aliphatic heterocycles. The van der Waals surface area contributed by atoms with E-state index in [9.17, 15) is 0 Å². The van der Waals surface area contributed by atoms with Crippen molar-refractivity contribution >= 4 is 26.8 Å². The van der Waals surface area contributed by atoms with Gasteiger partial charge in [-0.15, -0.1) is 0 Å². The van der Waals surface area contributed by atoms with Gasteiger partial charge in [-0.2, -0.15) is 0 Å². The molecule has 18 heavy (non-hydrogen) atoms. The van der Waals surface area contributed by atoms with E-state index < -0.39 is 26.8 Å². The molecule has 2 atom stereocenters. The van der Waals surface area contributed by atoms with Gasteiger partial charge >= 0.3 is 8.56 Å². The quantitative estimate of drug-likeness (QED) is 0.729. The largest absolute Gasteiger partial charge is 0.437 e. The van der Waals surface area contributed by atoms with Crippen molar-refractivity contribution in [3.63, 3.8) is 0 Å². The molecule has 3 nitrogen and oxygen atoms in total. The van der Waals surface area contributed by atoms with Crippen LogP contribution in [0.1, 0.15) is 33.1 Å². The molecule has 0 radical (unpaired) electrons. The maximum absolute atomic E-state index is 6.30. The Morgan fingerprint density at radius 2 is 1.50 bits per heavy atom. The van der Waals surface area contributed by atoms with Crippen LogP contribution in [0.15, 0.2) is 0 Å². The monoisotopic (exact) mass is 305 g/mol. The lowest BCUT2D eigenvalue weighted by Crippen LogP contribution is -2.52. The van der Waals surface area contributed by atoms with Gasteiger partial charge in [0.15, 0.2) is 8.32 Å².